The Morgan fingerprint density at radius 1 is 1.30 bits per heavy atom. The first kappa shape index (κ1) is 22.6. The van der Waals surface area contributed by atoms with Crippen LogP contribution in [0.3, 0.4) is 0 Å². The van der Waals surface area contributed by atoms with E-state index in [2.05, 4.69) is 15.7 Å². The van der Waals surface area contributed by atoms with Gasteiger partial charge in [-0.05, 0) is 53.4 Å². The molecule has 1 saturated heterocycles. The van der Waals surface area contributed by atoms with Gasteiger partial charge in [-0.15, -0.1) is 0 Å². The number of rotatable bonds is 7. The van der Waals surface area contributed by atoms with Crippen LogP contribution in [-0.2, 0) is 19.4 Å². The van der Waals surface area contributed by atoms with E-state index in [0.29, 0.717) is 24.6 Å². The third kappa shape index (κ3) is 6.45. The van der Waals surface area contributed by atoms with E-state index in [0.717, 1.165) is 18.5 Å². The Hall–Kier alpha value is -2.10. The van der Waals surface area contributed by atoms with Gasteiger partial charge in [0.1, 0.15) is 11.4 Å². The highest BCUT2D eigenvalue weighted by atomic mass is 32.2. The molecule has 0 radical (unpaired) electrons. The lowest BCUT2D eigenvalue weighted by Crippen LogP contribution is -2.38. The Morgan fingerprint density at radius 2 is 2.00 bits per heavy atom. The standard InChI is InChI=1S/C20H32N4O5S/c1-13(21-19(26)29-20(2,3)4)5-8-18(25)22-17-11-16(14-6-7-14)23-24(17)15-9-10-30(27,28)12-15/h11,13-15H,5-10,12H2,1-4H3,(H,21,26)(H,22,25)/t13-,15+/m1/s1. The number of sulfone groups is 1. The molecule has 10 heteroatoms. The average molecular weight is 441 g/mol. The van der Waals surface area contributed by atoms with Crippen molar-refractivity contribution in [2.75, 3.05) is 16.8 Å². The van der Waals surface area contributed by atoms with Crippen molar-refractivity contribution in [3.05, 3.63) is 11.8 Å². The van der Waals surface area contributed by atoms with Gasteiger partial charge in [0, 0.05) is 24.4 Å². The molecule has 2 N–H and O–H groups in total. The van der Waals surface area contributed by atoms with Crippen molar-refractivity contribution in [2.24, 2.45) is 0 Å². The first-order valence-corrected chi connectivity index (χ1v) is 12.3. The van der Waals surface area contributed by atoms with Crippen molar-refractivity contribution in [2.45, 2.75) is 83.4 Å². The Morgan fingerprint density at radius 3 is 2.57 bits per heavy atom. The first-order valence-electron chi connectivity index (χ1n) is 10.5. The number of amides is 2. The Balaban J connectivity index is 1.56. The lowest BCUT2D eigenvalue weighted by Gasteiger charge is -2.22. The van der Waals surface area contributed by atoms with Gasteiger partial charge in [-0.2, -0.15) is 5.10 Å². The van der Waals surface area contributed by atoms with Crippen LogP contribution >= 0.6 is 0 Å². The summed E-state index contributed by atoms with van der Waals surface area (Å²) in [5, 5.41) is 10.2. The third-order valence-corrected chi connectivity index (χ3v) is 6.89. The van der Waals surface area contributed by atoms with Crippen LogP contribution in [0, 0.1) is 0 Å². The van der Waals surface area contributed by atoms with Crippen LogP contribution in [-0.4, -0.2) is 53.3 Å². The van der Waals surface area contributed by atoms with Gasteiger partial charge in [-0.25, -0.2) is 17.9 Å². The fourth-order valence-electron chi connectivity index (χ4n) is 3.47. The summed E-state index contributed by atoms with van der Waals surface area (Å²) in [6.07, 6.45) is 2.80. The van der Waals surface area contributed by atoms with Gasteiger partial charge in [0.25, 0.3) is 0 Å². The molecule has 1 aromatic heterocycles. The van der Waals surface area contributed by atoms with Gasteiger partial charge in [-0.3, -0.25) is 4.79 Å². The van der Waals surface area contributed by atoms with Crippen LogP contribution in [0.5, 0.6) is 0 Å². The molecule has 168 valence electrons. The number of nitrogens with one attached hydrogen (secondary N) is 2. The van der Waals surface area contributed by atoms with Crippen LogP contribution in [0.4, 0.5) is 10.6 Å². The highest BCUT2D eigenvalue weighted by molar-refractivity contribution is 7.91. The molecular formula is C20H32N4O5S. The van der Waals surface area contributed by atoms with E-state index in [1.165, 1.54) is 0 Å². The van der Waals surface area contributed by atoms with Crippen molar-refractivity contribution in [3.8, 4) is 0 Å². The van der Waals surface area contributed by atoms with E-state index >= 15 is 0 Å². The molecule has 3 rings (SSSR count). The second-order valence-corrected chi connectivity index (χ2v) is 11.6. The Labute approximate surface area is 177 Å². The van der Waals surface area contributed by atoms with Crippen molar-refractivity contribution in [1.29, 1.82) is 0 Å². The zero-order valence-electron chi connectivity index (χ0n) is 18.1. The van der Waals surface area contributed by atoms with Crippen LogP contribution < -0.4 is 10.6 Å². The molecular weight excluding hydrogens is 408 g/mol. The number of alkyl carbamates (subject to hydrolysis) is 1. The number of carbonyl (C=O) groups excluding carboxylic acids is 2. The molecule has 0 spiro atoms. The summed E-state index contributed by atoms with van der Waals surface area (Å²) >= 11 is 0. The van der Waals surface area contributed by atoms with Gasteiger partial charge >= 0.3 is 6.09 Å². The van der Waals surface area contributed by atoms with Crippen LogP contribution in [0.25, 0.3) is 0 Å². The number of carbonyl (C=O) groups is 2. The molecule has 0 aromatic carbocycles. The molecule has 1 aliphatic carbocycles. The predicted molar refractivity (Wildman–Crippen MR) is 113 cm³/mol. The number of hydrogen-bond acceptors (Lipinski definition) is 6. The Kier molecular flexibility index (Phi) is 6.45. The zero-order chi connectivity index (χ0) is 22.1. The third-order valence-electron chi connectivity index (χ3n) is 5.14. The van der Waals surface area contributed by atoms with E-state index in [9.17, 15) is 18.0 Å². The van der Waals surface area contributed by atoms with Crippen molar-refractivity contribution in [3.63, 3.8) is 0 Å². The molecule has 0 unspecified atom stereocenters. The van der Waals surface area contributed by atoms with Crippen LogP contribution in [0.2, 0.25) is 0 Å². The van der Waals surface area contributed by atoms with Crippen LogP contribution in [0.1, 0.15) is 77.5 Å². The number of nitrogens with zero attached hydrogens (tertiary/aromatic N) is 2. The van der Waals surface area contributed by atoms with E-state index in [1.807, 2.05) is 13.0 Å². The molecule has 2 amide bonds. The first-order chi connectivity index (χ1) is 13.9. The monoisotopic (exact) mass is 440 g/mol. The molecule has 30 heavy (non-hydrogen) atoms. The van der Waals surface area contributed by atoms with Gasteiger partial charge < -0.3 is 15.4 Å². The fraction of sp³-hybridized carbons (Fsp3) is 0.750. The van der Waals surface area contributed by atoms with Gasteiger partial charge in [0.05, 0.1) is 23.2 Å². The minimum atomic E-state index is -3.06. The largest absolute Gasteiger partial charge is 0.444 e. The lowest BCUT2D eigenvalue weighted by atomic mass is 10.1. The topological polar surface area (TPSA) is 119 Å². The lowest BCUT2D eigenvalue weighted by molar-refractivity contribution is -0.116. The Bertz CT molecular complexity index is 899. The molecule has 1 saturated carbocycles. The molecule has 2 heterocycles. The number of anilines is 1. The summed E-state index contributed by atoms with van der Waals surface area (Å²) in [6.45, 7) is 7.19. The van der Waals surface area contributed by atoms with E-state index in [-0.39, 0.29) is 35.9 Å². The number of aromatic nitrogens is 2. The summed E-state index contributed by atoms with van der Waals surface area (Å²) in [6, 6.07) is 1.39. The van der Waals surface area contributed by atoms with E-state index in [1.54, 1.807) is 25.5 Å². The highest BCUT2D eigenvalue weighted by Gasteiger charge is 2.34. The quantitative estimate of drug-likeness (QED) is 0.673. The minimum Gasteiger partial charge on any atom is -0.444 e. The highest BCUT2D eigenvalue weighted by Crippen LogP contribution is 2.41. The summed E-state index contributed by atoms with van der Waals surface area (Å²) in [5.74, 6) is 0.961. The summed E-state index contributed by atoms with van der Waals surface area (Å²) in [5.41, 5.74) is 0.335. The maximum atomic E-state index is 12.5. The SMILES string of the molecule is C[C@H](CCC(=O)Nc1cc(C2CC2)nn1[C@H]1CCS(=O)(=O)C1)NC(=O)OC(C)(C)C. The maximum absolute atomic E-state index is 12.5. The molecule has 2 atom stereocenters. The van der Waals surface area contributed by atoms with Crippen molar-refractivity contribution in [1.82, 2.24) is 15.1 Å². The molecule has 9 nitrogen and oxygen atoms in total. The van der Waals surface area contributed by atoms with Crippen molar-refractivity contribution >= 4 is 27.7 Å². The summed E-state index contributed by atoms with van der Waals surface area (Å²) in [7, 11) is -3.06. The molecule has 0 bridgehead atoms. The minimum absolute atomic E-state index is 0.0541. The van der Waals surface area contributed by atoms with Crippen molar-refractivity contribution < 1.29 is 22.7 Å². The number of ether oxygens (including phenoxy) is 1. The molecule has 2 fully saturated rings. The zero-order valence-corrected chi connectivity index (χ0v) is 18.9. The van der Waals surface area contributed by atoms with E-state index < -0.39 is 21.5 Å². The molecule has 1 aromatic rings. The predicted octanol–water partition coefficient (Wildman–Crippen LogP) is 2.75. The van der Waals surface area contributed by atoms with Gasteiger partial charge in [-0.1, -0.05) is 0 Å². The fourth-order valence-corrected chi connectivity index (χ4v) is 5.16. The molecule has 1 aliphatic heterocycles. The summed E-state index contributed by atoms with van der Waals surface area (Å²) in [4.78, 5) is 24.3. The number of hydrogen-bond donors (Lipinski definition) is 2. The maximum Gasteiger partial charge on any atom is 0.407 e. The smallest absolute Gasteiger partial charge is 0.407 e. The van der Waals surface area contributed by atoms with Gasteiger partial charge in [0.15, 0.2) is 9.84 Å². The normalized spacial score (nSPS) is 21.8. The summed E-state index contributed by atoms with van der Waals surface area (Å²) < 4.78 is 30.7. The second-order valence-electron chi connectivity index (χ2n) is 9.36. The second kappa shape index (κ2) is 8.56. The average Bonchev–Trinajstić information content (AvgIpc) is 3.27. The van der Waals surface area contributed by atoms with E-state index in [4.69, 9.17) is 4.74 Å². The van der Waals surface area contributed by atoms with Gasteiger partial charge in [0.2, 0.25) is 5.91 Å². The molecule has 2 aliphatic rings. The van der Waals surface area contributed by atoms with Crippen LogP contribution in [0.15, 0.2) is 6.07 Å².